The molecule has 0 bridgehead atoms. The summed E-state index contributed by atoms with van der Waals surface area (Å²) in [5, 5.41) is 11.3. The molecule has 1 unspecified atom stereocenters. The lowest BCUT2D eigenvalue weighted by Crippen LogP contribution is -2.49. The van der Waals surface area contributed by atoms with E-state index in [0.717, 1.165) is 0 Å². The molecule has 0 saturated carbocycles. The molecule has 1 aromatic rings. The Balaban J connectivity index is 2.03. The Labute approximate surface area is 86.6 Å². The van der Waals surface area contributed by atoms with Crippen LogP contribution in [0.25, 0.3) is 0 Å². The van der Waals surface area contributed by atoms with Crippen molar-refractivity contribution >= 4 is 5.78 Å². The Morgan fingerprint density at radius 3 is 3.07 bits per heavy atom. The second-order valence-electron chi connectivity index (χ2n) is 3.75. The zero-order valence-corrected chi connectivity index (χ0v) is 8.51. The number of nitrogens with zero attached hydrogens (tertiary/aromatic N) is 4. The van der Waals surface area contributed by atoms with E-state index < -0.39 is 5.54 Å². The van der Waals surface area contributed by atoms with Gasteiger partial charge in [0.15, 0.2) is 11.6 Å². The first-order valence-electron chi connectivity index (χ1n) is 4.73. The van der Waals surface area contributed by atoms with E-state index in [0.29, 0.717) is 18.9 Å². The maximum atomic E-state index is 11.8. The van der Waals surface area contributed by atoms with Crippen LogP contribution in [0.3, 0.4) is 0 Å². The van der Waals surface area contributed by atoms with Crippen molar-refractivity contribution in [3.63, 3.8) is 0 Å². The Hall–Kier alpha value is -1.34. The Morgan fingerprint density at radius 1 is 1.73 bits per heavy atom. The molecular formula is C8H13N5O2. The molecule has 0 spiro atoms. The maximum Gasteiger partial charge on any atom is 0.182 e. The van der Waals surface area contributed by atoms with Gasteiger partial charge in [-0.1, -0.05) is 0 Å². The predicted molar refractivity (Wildman–Crippen MR) is 49.9 cm³/mol. The number of Topliss-reactive ketones (excluding diaryl/α,β-unsaturated/α-hetero) is 1. The molecule has 1 atom stereocenters. The summed E-state index contributed by atoms with van der Waals surface area (Å²) in [5.74, 6) is 0.312. The summed E-state index contributed by atoms with van der Waals surface area (Å²) in [6.07, 6.45) is 0.680. The van der Waals surface area contributed by atoms with Crippen molar-refractivity contribution in [2.45, 2.75) is 18.4 Å². The SMILES string of the molecule is Cn1nnc(CC(=O)C2(N)CCOC2)n1. The van der Waals surface area contributed by atoms with Gasteiger partial charge in [0.05, 0.1) is 20.1 Å². The summed E-state index contributed by atoms with van der Waals surface area (Å²) < 4.78 is 5.12. The van der Waals surface area contributed by atoms with Gasteiger partial charge in [0.1, 0.15) is 5.54 Å². The monoisotopic (exact) mass is 211 g/mol. The molecule has 1 aliphatic rings. The van der Waals surface area contributed by atoms with Gasteiger partial charge in [-0.15, -0.1) is 10.2 Å². The Morgan fingerprint density at radius 2 is 2.53 bits per heavy atom. The lowest BCUT2D eigenvalue weighted by atomic mass is 9.92. The quantitative estimate of drug-likeness (QED) is 0.649. The van der Waals surface area contributed by atoms with Crippen LogP contribution < -0.4 is 5.73 Å². The largest absolute Gasteiger partial charge is 0.379 e. The Bertz CT molecular complexity index is 369. The van der Waals surface area contributed by atoms with E-state index in [9.17, 15) is 4.79 Å². The van der Waals surface area contributed by atoms with Crippen LogP contribution in [-0.2, 0) is 23.0 Å². The fourth-order valence-electron chi connectivity index (χ4n) is 1.51. The number of aromatic nitrogens is 4. The highest BCUT2D eigenvalue weighted by atomic mass is 16.5. The zero-order chi connectivity index (χ0) is 10.9. The van der Waals surface area contributed by atoms with Crippen molar-refractivity contribution in [3.8, 4) is 0 Å². The fraction of sp³-hybridized carbons (Fsp3) is 0.750. The molecule has 82 valence electrons. The number of ketones is 1. The average molecular weight is 211 g/mol. The summed E-state index contributed by atoms with van der Waals surface area (Å²) in [5.41, 5.74) is 5.04. The second kappa shape index (κ2) is 3.67. The molecule has 0 aliphatic carbocycles. The van der Waals surface area contributed by atoms with Crippen LogP contribution in [0, 0.1) is 0 Å². The van der Waals surface area contributed by atoms with E-state index in [-0.39, 0.29) is 18.8 Å². The van der Waals surface area contributed by atoms with E-state index in [4.69, 9.17) is 10.5 Å². The smallest absolute Gasteiger partial charge is 0.182 e. The maximum absolute atomic E-state index is 11.8. The topological polar surface area (TPSA) is 95.9 Å². The molecule has 7 nitrogen and oxygen atoms in total. The van der Waals surface area contributed by atoms with Gasteiger partial charge in [-0.25, -0.2) is 0 Å². The third-order valence-electron chi connectivity index (χ3n) is 2.48. The van der Waals surface area contributed by atoms with Crippen molar-refractivity contribution in [2.75, 3.05) is 13.2 Å². The molecule has 0 amide bonds. The minimum Gasteiger partial charge on any atom is -0.379 e. The zero-order valence-electron chi connectivity index (χ0n) is 8.51. The van der Waals surface area contributed by atoms with Gasteiger partial charge in [0.2, 0.25) is 0 Å². The highest BCUT2D eigenvalue weighted by Gasteiger charge is 2.38. The van der Waals surface area contributed by atoms with Crippen LogP contribution in [0.1, 0.15) is 12.2 Å². The van der Waals surface area contributed by atoms with Crippen molar-refractivity contribution < 1.29 is 9.53 Å². The van der Waals surface area contributed by atoms with E-state index in [2.05, 4.69) is 15.4 Å². The number of ether oxygens (including phenoxy) is 1. The summed E-state index contributed by atoms with van der Waals surface area (Å²) in [6.45, 7) is 0.822. The predicted octanol–water partition coefficient (Wildman–Crippen LogP) is -1.56. The third-order valence-corrected chi connectivity index (χ3v) is 2.48. The molecule has 1 aromatic heterocycles. The number of carbonyl (C=O) groups excluding carboxylic acids is 1. The minimum atomic E-state index is -0.862. The third kappa shape index (κ3) is 2.02. The van der Waals surface area contributed by atoms with Crippen LogP contribution in [0.5, 0.6) is 0 Å². The standard InChI is InChI=1S/C8H13N5O2/c1-13-11-7(10-12-13)4-6(14)8(9)2-3-15-5-8/h2-5,9H2,1H3. The van der Waals surface area contributed by atoms with Crippen LogP contribution in [0.4, 0.5) is 0 Å². The minimum absolute atomic E-state index is 0.0898. The molecule has 1 saturated heterocycles. The Kier molecular flexibility index (Phi) is 2.49. The van der Waals surface area contributed by atoms with Crippen molar-refractivity contribution in [1.29, 1.82) is 0 Å². The van der Waals surface area contributed by atoms with Crippen molar-refractivity contribution in [3.05, 3.63) is 5.82 Å². The summed E-state index contributed by atoms with van der Waals surface area (Å²) in [7, 11) is 1.65. The highest BCUT2D eigenvalue weighted by Crippen LogP contribution is 2.17. The fourth-order valence-corrected chi connectivity index (χ4v) is 1.51. The van der Waals surface area contributed by atoms with Gasteiger partial charge < -0.3 is 10.5 Å². The van der Waals surface area contributed by atoms with Gasteiger partial charge in [-0.3, -0.25) is 4.79 Å². The van der Waals surface area contributed by atoms with Gasteiger partial charge in [-0.05, 0) is 11.6 Å². The number of tetrazole rings is 1. The second-order valence-corrected chi connectivity index (χ2v) is 3.75. The number of rotatable bonds is 3. The molecule has 7 heteroatoms. The number of carbonyl (C=O) groups is 1. The van der Waals surface area contributed by atoms with E-state index in [1.807, 2.05) is 0 Å². The van der Waals surface area contributed by atoms with Crippen molar-refractivity contribution in [1.82, 2.24) is 20.2 Å². The normalized spacial score (nSPS) is 25.7. The van der Waals surface area contributed by atoms with E-state index >= 15 is 0 Å². The average Bonchev–Trinajstić information content (AvgIpc) is 2.76. The lowest BCUT2D eigenvalue weighted by molar-refractivity contribution is -0.123. The molecule has 1 fully saturated rings. The van der Waals surface area contributed by atoms with Gasteiger partial charge >= 0.3 is 0 Å². The summed E-state index contributed by atoms with van der Waals surface area (Å²) in [6, 6.07) is 0. The number of hydrogen-bond acceptors (Lipinski definition) is 6. The van der Waals surface area contributed by atoms with Gasteiger partial charge in [0.25, 0.3) is 0 Å². The van der Waals surface area contributed by atoms with Crippen LogP contribution in [0.15, 0.2) is 0 Å². The molecule has 2 heterocycles. The summed E-state index contributed by atoms with van der Waals surface area (Å²) in [4.78, 5) is 13.1. The van der Waals surface area contributed by atoms with Gasteiger partial charge in [-0.2, -0.15) is 4.80 Å². The lowest BCUT2D eigenvalue weighted by Gasteiger charge is -2.18. The number of aryl methyl sites for hydroxylation is 1. The summed E-state index contributed by atoms with van der Waals surface area (Å²) >= 11 is 0. The number of nitrogens with two attached hydrogens (primary N) is 1. The molecule has 0 aromatic carbocycles. The van der Waals surface area contributed by atoms with E-state index in [1.165, 1.54) is 4.80 Å². The first-order chi connectivity index (χ1) is 7.10. The van der Waals surface area contributed by atoms with Crippen LogP contribution in [0.2, 0.25) is 0 Å². The van der Waals surface area contributed by atoms with E-state index in [1.54, 1.807) is 7.05 Å². The molecule has 1 aliphatic heterocycles. The molecular weight excluding hydrogens is 198 g/mol. The number of hydrogen-bond donors (Lipinski definition) is 1. The molecule has 15 heavy (non-hydrogen) atoms. The molecule has 2 N–H and O–H groups in total. The van der Waals surface area contributed by atoms with Crippen LogP contribution in [-0.4, -0.2) is 44.7 Å². The van der Waals surface area contributed by atoms with Gasteiger partial charge in [0, 0.05) is 6.61 Å². The highest BCUT2D eigenvalue weighted by molar-refractivity contribution is 5.89. The molecule has 2 rings (SSSR count). The van der Waals surface area contributed by atoms with Crippen molar-refractivity contribution in [2.24, 2.45) is 12.8 Å². The van der Waals surface area contributed by atoms with Crippen LogP contribution >= 0.6 is 0 Å². The first-order valence-corrected chi connectivity index (χ1v) is 4.73. The molecule has 0 radical (unpaired) electrons. The first kappa shape index (κ1) is 10.2.